The van der Waals surface area contributed by atoms with Gasteiger partial charge < -0.3 is 5.32 Å². The van der Waals surface area contributed by atoms with Gasteiger partial charge in [0, 0.05) is 23.9 Å². The highest BCUT2D eigenvalue weighted by molar-refractivity contribution is 5.76. The van der Waals surface area contributed by atoms with E-state index in [1.807, 2.05) is 49.6 Å². The Labute approximate surface area is 160 Å². The minimum atomic E-state index is 0.0697. The van der Waals surface area contributed by atoms with E-state index < -0.39 is 0 Å². The molecule has 2 heterocycles. The minimum absolute atomic E-state index is 0.0697. The molecular weight excluding hydrogens is 336 g/mol. The number of aromatic nitrogens is 3. The summed E-state index contributed by atoms with van der Waals surface area (Å²) in [5, 5.41) is 7.71. The molecule has 5 nitrogen and oxygen atoms in total. The van der Waals surface area contributed by atoms with Crippen LogP contribution in [0.25, 0.3) is 5.65 Å². The molecule has 0 saturated heterocycles. The lowest BCUT2D eigenvalue weighted by atomic mass is 10.0. The highest BCUT2D eigenvalue weighted by Gasteiger charge is 2.16. The first-order chi connectivity index (χ1) is 13.0. The highest BCUT2D eigenvalue weighted by atomic mass is 16.1. The van der Waals surface area contributed by atoms with E-state index in [0.29, 0.717) is 12.8 Å². The number of nitrogens with zero attached hydrogens (tertiary/aromatic N) is 3. The quantitative estimate of drug-likeness (QED) is 0.682. The van der Waals surface area contributed by atoms with Gasteiger partial charge in [-0.1, -0.05) is 43.7 Å². The van der Waals surface area contributed by atoms with E-state index in [9.17, 15) is 4.79 Å². The van der Waals surface area contributed by atoms with Gasteiger partial charge in [-0.3, -0.25) is 4.79 Å². The maximum Gasteiger partial charge on any atom is 0.220 e. The number of hydrogen-bond acceptors (Lipinski definition) is 3. The van der Waals surface area contributed by atoms with Gasteiger partial charge in [0.25, 0.3) is 0 Å². The fourth-order valence-electron chi connectivity index (χ4n) is 3.60. The molecule has 0 fully saturated rings. The zero-order chi connectivity index (χ0) is 19.4. The Kier molecular flexibility index (Phi) is 5.89. The molecule has 1 amide bonds. The molecule has 5 heteroatoms. The zero-order valence-electron chi connectivity index (χ0n) is 16.6. The molecule has 1 N–H and O–H groups in total. The summed E-state index contributed by atoms with van der Waals surface area (Å²) in [7, 11) is 0. The summed E-state index contributed by atoms with van der Waals surface area (Å²) in [5.74, 6) is 0.0767. The average molecular weight is 364 g/mol. The summed E-state index contributed by atoms with van der Waals surface area (Å²) >= 11 is 0. The van der Waals surface area contributed by atoms with Crippen molar-refractivity contribution in [1.82, 2.24) is 19.9 Å². The predicted octanol–water partition coefficient (Wildman–Crippen LogP) is 4.24. The number of nitrogens with one attached hydrogen (secondary N) is 1. The second kappa shape index (κ2) is 8.33. The smallest absolute Gasteiger partial charge is 0.220 e. The second-order valence-electron chi connectivity index (χ2n) is 7.14. The number of carbonyl (C=O) groups excluding carboxylic acids is 1. The van der Waals surface area contributed by atoms with Crippen molar-refractivity contribution in [1.29, 1.82) is 0 Å². The summed E-state index contributed by atoms with van der Waals surface area (Å²) in [6.07, 6.45) is 3.08. The summed E-state index contributed by atoms with van der Waals surface area (Å²) < 4.78 is 1.87. The third-order valence-corrected chi connectivity index (χ3v) is 5.00. The summed E-state index contributed by atoms with van der Waals surface area (Å²) in [6, 6.07) is 12.2. The van der Waals surface area contributed by atoms with Crippen molar-refractivity contribution < 1.29 is 4.79 Å². The van der Waals surface area contributed by atoms with Crippen molar-refractivity contribution in [3.8, 4) is 0 Å². The summed E-state index contributed by atoms with van der Waals surface area (Å²) in [5.41, 5.74) is 6.11. The molecule has 0 aliphatic carbocycles. The lowest BCUT2D eigenvalue weighted by Gasteiger charge is -2.19. The van der Waals surface area contributed by atoms with Crippen LogP contribution >= 0.6 is 0 Å². The SMILES string of the molecule is CCCC(NC(=O)CCc1c(C)nc2cc(C)nn2c1C)c1ccccc1. The van der Waals surface area contributed by atoms with Crippen LogP contribution in [0.15, 0.2) is 36.4 Å². The van der Waals surface area contributed by atoms with Gasteiger partial charge in [-0.15, -0.1) is 0 Å². The maximum absolute atomic E-state index is 12.6. The third-order valence-electron chi connectivity index (χ3n) is 5.00. The molecule has 0 radical (unpaired) electrons. The Morgan fingerprint density at radius 3 is 2.63 bits per heavy atom. The lowest BCUT2D eigenvalue weighted by Crippen LogP contribution is -2.28. The zero-order valence-corrected chi connectivity index (χ0v) is 16.6. The fraction of sp³-hybridized carbons (Fsp3) is 0.409. The molecule has 0 spiro atoms. The van der Waals surface area contributed by atoms with E-state index in [0.717, 1.165) is 46.7 Å². The van der Waals surface area contributed by atoms with Gasteiger partial charge in [-0.2, -0.15) is 5.10 Å². The normalized spacial score (nSPS) is 12.3. The van der Waals surface area contributed by atoms with E-state index in [2.05, 4.69) is 34.5 Å². The van der Waals surface area contributed by atoms with Crippen LogP contribution in [-0.2, 0) is 11.2 Å². The molecule has 27 heavy (non-hydrogen) atoms. The molecule has 0 saturated carbocycles. The Morgan fingerprint density at radius 1 is 1.19 bits per heavy atom. The van der Waals surface area contributed by atoms with Crippen molar-refractivity contribution in [3.63, 3.8) is 0 Å². The van der Waals surface area contributed by atoms with Crippen molar-refractivity contribution in [2.24, 2.45) is 0 Å². The van der Waals surface area contributed by atoms with Crippen LogP contribution in [0, 0.1) is 20.8 Å². The number of rotatable bonds is 7. The highest BCUT2D eigenvalue weighted by Crippen LogP contribution is 2.20. The molecule has 142 valence electrons. The van der Waals surface area contributed by atoms with E-state index in [-0.39, 0.29) is 11.9 Å². The Hall–Kier alpha value is -2.69. The first kappa shape index (κ1) is 19.1. The standard InChI is InChI=1S/C22H28N4O/c1-5-9-20(18-10-7-6-8-11-18)24-22(27)13-12-19-16(3)23-21-14-15(2)25-26(21)17(19)4/h6-8,10-11,14,20H,5,9,12-13H2,1-4H3,(H,24,27). The van der Waals surface area contributed by atoms with Crippen molar-refractivity contribution in [2.45, 2.75) is 59.4 Å². The second-order valence-corrected chi connectivity index (χ2v) is 7.14. The van der Waals surface area contributed by atoms with E-state index in [1.165, 1.54) is 0 Å². The van der Waals surface area contributed by atoms with Crippen molar-refractivity contribution in [3.05, 3.63) is 64.6 Å². The first-order valence-electron chi connectivity index (χ1n) is 9.66. The minimum Gasteiger partial charge on any atom is -0.349 e. The largest absolute Gasteiger partial charge is 0.349 e. The van der Waals surface area contributed by atoms with Crippen LogP contribution in [0.2, 0.25) is 0 Å². The number of amides is 1. The van der Waals surface area contributed by atoms with E-state index in [1.54, 1.807) is 0 Å². The fourth-order valence-corrected chi connectivity index (χ4v) is 3.60. The third kappa shape index (κ3) is 4.35. The Morgan fingerprint density at radius 2 is 1.93 bits per heavy atom. The van der Waals surface area contributed by atoms with Gasteiger partial charge in [-0.05, 0) is 44.7 Å². The molecule has 1 unspecified atom stereocenters. The van der Waals surface area contributed by atoms with E-state index >= 15 is 0 Å². The number of hydrogen-bond donors (Lipinski definition) is 1. The number of benzene rings is 1. The summed E-state index contributed by atoms with van der Waals surface area (Å²) in [4.78, 5) is 17.3. The monoisotopic (exact) mass is 364 g/mol. The summed E-state index contributed by atoms with van der Waals surface area (Å²) in [6.45, 7) is 8.16. The molecule has 2 aromatic heterocycles. The van der Waals surface area contributed by atoms with Crippen LogP contribution in [-0.4, -0.2) is 20.5 Å². The van der Waals surface area contributed by atoms with Crippen LogP contribution in [0.5, 0.6) is 0 Å². The number of fused-ring (bicyclic) bond motifs is 1. The number of carbonyl (C=O) groups is 1. The van der Waals surface area contributed by atoms with Gasteiger partial charge in [0.2, 0.25) is 5.91 Å². The average Bonchev–Trinajstić information content (AvgIpc) is 3.02. The van der Waals surface area contributed by atoms with Crippen LogP contribution in [0.1, 0.15) is 60.4 Å². The maximum atomic E-state index is 12.6. The van der Waals surface area contributed by atoms with Crippen LogP contribution in [0.3, 0.4) is 0 Å². The van der Waals surface area contributed by atoms with Gasteiger partial charge in [0.1, 0.15) is 0 Å². The van der Waals surface area contributed by atoms with Crippen LogP contribution in [0.4, 0.5) is 0 Å². The first-order valence-corrected chi connectivity index (χ1v) is 9.66. The molecule has 1 aromatic carbocycles. The van der Waals surface area contributed by atoms with Gasteiger partial charge >= 0.3 is 0 Å². The topological polar surface area (TPSA) is 59.3 Å². The Balaban J connectivity index is 1.70. The molecule has 1 atom stereocenters. The molecule has 0 bridgehead atoms. The Bertz CT molecular complexity index is 930. The van der Waals surface area contributed by atoms with Gasteiger partial charge in [-0.25, -0.2) is 9.50 Å². The van der Waals surface area contributed by atoms with Gasteiger partial charge in [0.15, 0.2) is 5.65 Å². The van der Waals surface area contributed by atoms with Crippen molar-refractivity contribution in [2.75, 3.05) is 0 Å². The van der Waals surface area contributed by atoms with Gasteiger partial charge in [0.05, 0.1) is 11.7 Å². The lowest BCUT2D eigenvalue weighted by molar-refractivity contribution is -0.121. The van der Waals surface area contributed by atoms with E-state index in [4.69, 9.17) is 0 Å². The molecule has 3 aromatic rings. The van der Waals surface area contributed by atoms with Crippen LogP contribution < -0.4 is 5.32 Å². The van der Waals surface area contributed by atoms with Crippen molar-refractivity contribution >= 4 is 11.6 Å². The molecule has 0 aliphatic heterocycles. The molecule has 0 aliphatic rings. The predicted molar refractivity (Wildman–Crippen MR) is 108 cm³/mol. The molecular formula is C22H28N4O. The number of aryl methyl sites for hydroxylation is 3. The molecule has 3 rings (SSSR count).